The number of aromatic nitrogens is 1. The van der Waals surface area contributed by atoms with Crippen LogP contribution in [-0.2, 0) is 6.54 Å². The van der Waals surface area contributed by atoms with E-state index in [9.17, 15) is 9.59 Å². The number of thiazole rings is 1. The molecule has 1 amide bonds. The summed E-state index contributed by atoms with van der Waals surface area (Å²) in [4.78, 5) is 24.5. The summed E-state index contributed by atoms with van der Waals surface area (Å²) in [5.74, 6) is -0.388. The first-order chi connectivity index (χ1) is 12.9. The zero-order chi connectivity index (χ0) is 19.4. The Morgan fingerprint density at radius 2 is 1.81 bits per heavy atom. The smallest absolute Gasteiger partial charge is 0.284 e. The van der Waals surface area contributed by atoms with Gasteiger partial charge in [0.15, 0.2) is 0 Å². The monoisotopic (exact) mass is 483 g/mol. The van der Waals surface area contributed by atoms with Crippen LogP contribution in [0.5, 0.6) is 0 Å². The minimum Gasteiger partial charge on any atom is -0.284 e. The zero-order valence-corrected chi connectivity index (χ0v) is 17.6. The molecule has 1 heterocycles. The predicted molar refractivity (Wildman–Crippen MR) is 113 cm³/mol. The topological polar surface area (TPSA) is 63.5 Å². The molecule has 9 heteroatoms. The number of rotatable bonds is 5. The fraction of sp³-hybridized carbons (Fsp3) is 0.0556. The summed E-state index contributed by atoms with van der Waals surface area (Å²) in [6.45, 7) is 0.354. The van der Waals surface area contributed by atoms with E-state index in [0.29, 0.717) is 22.0 Å². The van der Waals surface area contributed by atoms with Crippen molar-refractivity contribution in [1.82, 2.24) is 9.99 Å². The van der Waals surface area contributed by atoms with Crippen LogP contribution in [0.4, 0.5) is 0 Å². The van der Waals surface area contributed by atoms with Crippen LogP contribution in [0, 0.1) is 0 Å². The Kier molecular flexibility index (Phi) is 6.49. The molecule has 1 aromatic heterocycles. The second-order valence-electron chi connectivity index (χ2n) is 5.44. The van der Waals surface area contributed by atoms with Gasteiger partial charge in [-0.3, -0.25) is 14.2 Å². The number of carbonyl (C=O) groups is 1. The standard InChI is InChI=1S/C18H12BrCl2N3O2S/c19-13-5-1-11(2-6-13)10-24-16(21)15(27-18(24)26)9-22-23-17(25)12-3-7-14(20)8-4-12/h1-9H,10H2,(H,23,25)/b22-9-. The number of amides is 1. The van der Waals surface area contributed by atoms with Gasteiger partial charge in [-0.1, -0.05) is 62.6 Å². The van der Waals surface area contributed by atoms with E-state index in [1.807, 2.05) is 24.3 Å². The molecular weight excluding hydrogens is 473 g/mol. The lowest BCUT2D eigenvalue weighted by Gasteiger charge is -2.04. The summed E-state index contributed by atoms with van der Waals surface area (Å²) in [6, 6.07) is 14.0. The van der Waals surface area contributed by atoms with Crippen LogP contribution in [0.15, 0.2) is 62.9 Å². The number of nitrogens with one attached hydrogen (secondary N) is 1. The third-order valence-electron chi connectivity index (χ3n) is 3.57. The average Bonchev–Trinajstić information content (AvgIpc) is 2.91. The number of hydrazone groups is 1. The summed E-state index contributed by atoms with van der Waals surface area (Å²) < 4.78 is 2.41. The van der Waals surface area contributed by atoms with Crippen LogP contribution < -0.4 is 10.3 Å². The van der Waals surface area contributed by atoms with Crippen molar-refractivity contribution < 1.29 is 4.79 Å². The second kappa shape index (κ2) is 8.84. The minimum atomic E-state index is -0.388. The van der Waals surface area contributed by atoms with Crippen molar-refractivity contribution in [3.8, 4) is 0 Å². The first-order valence-electron chi connectivity index (χ1n) is 7.66. The summed E-state index contributed by atoms with van der Waals surface area (Å²) in [5.41, 5.74) is 3.76. The highest BCUT2D eigenvalue weighted by Gasteiger charge is 2.12. The molecule has 1 N–H and O–H groups in total. The van der Waals surface area contributed by atoms with Crippen LogP contribution in [0.3, 0.4) is 0 Å². The third kappa shape index (κ3) is 5.07. The third-order valence-corrected chi connectivity index (χ3v) is 5.78. The molecule has 0 aliphatic heterocycles. The average molecular weight is 485 g/mol. The highest BCUT2D eigenvalue weighted by Crippen LogP contribution is 2.19. The Labute approximate surface area is 177 Å². The quantitative estimate of drug-likeness (QED) is 0.418. The molecule has 0 fully saturated rings. The van der Waals surface area contributed by atoms with Crippen molar-refractivity contribution in [3.63, 3.8) is 0 Å². The predicted octanol–water partition coefficient (Wildman–Crippen LogP) is 4.79. The Morgan fingerprint density at radius 3 is 2.48 bits per heavy atom. The molecule has 0 spiro atoms. The molecule has 5 nitrogen and oxygen atoms in total. The summed E-state index contributed by atoms with van der Waals surface area (Å²) in [7, 11) is 0. The molecule has 27 heavy (non-hydrogen) atoms. The normalized spacial score (nSPS) is 11.1. The number of hydrogen-bond donors (Lipinski definition) is 1. The number of carbonyl (C=O) groups excluding carboxylic acids is 1. The first-order valence-corrected chi connectivity index (χ1v) is 10.0. The maximum atomic E-state index is 12.2. The summed E-state index contributed by atoms with van der Waals surface area (Å²) in [5, 5.41) is 4.70. The van der Waals surface area contributed by atoms with Crippen molar-refractivity contribution in [2.45, 2.75) is 6.54 Å². The van der Waals surface area contributed by atoms with Gasteiger partial charge in [-0.2, -0.15) is 5.10 Å². The van der Waals surface area contributed by atoms with E-state index in [1.165, 1.54) is 10.8 Å². The van der Waals surface area contributed by atoms with Crippen molar-refractivity contribution >= 4 is 62.6 Å². The van der Waals surface area contributed by atoms with E-state index in [2.05, 4.69) is 26.5 Å². The molecule has 0 radical (unpaired) electrons. The molecule has 2 aromatic carbocycles. The molecule has 0 aliphatic carbocycles. The van der Waals surface area contributed by atoms with E-state index < -0.39 is 0 Å². The van der Waals surface area contributed by atoms with Crippen LogP contribution in [0.1, 0.15) is 20.8 Å². The molecule has 0 aliphatic rings. The highest BCUT2D eigenvalue weighted by atomic mass is 79.9. The van der Waals surface area contributed by atoms with Gasteiger partial charge in [-0.15, -0.1) is 0 Å². The number of hydrogen-bond acceptors (Lipinski definition) is 4. The van der Waals surface area contributed by atoms with Gasteiger partial charge >= 0.3 is 4.87 Å². The van der Waals surface area contributed by atoms with E-state index in [1.54, 1.807) is 24.3 Å². The number of benzene rings is 2. The molecular formula is C18H12BrCl2N3O2S. The molecule has 0 unspecified atom stereocenters. The van der Waals surface area contributed by atoms with Crippen LogP contribution in [0.2, 0.25) is 10.2 Å². The minimum absolute atomic E-state index is 0.201. The van der Waals surface area contributed by atoms with Gasteiger partial charge in [-0.05, 0) is 42.0 Å². The Morgan fingerprint density at radius 1 is 1.15 bits per heavy atom. The Balaban J connectivity index is 1.71. The van der Waals surface area contributed by atoms with Crippen molar-refractivity contribution in [2.75, 3.05) is 0 Å². The van der Waals surface area contributed by atoms with Crippen molar-refractivity contribution in [1.29, 1.82) is 0 Å². The Bertz CT molecular complexity index is 1040. The number of nitrogens with zero attached hydrogens (tertiary/aromatic N) is 2. The molecule has 0 saturated carbocycles. The number of halogens is 3. The van der Waals surface area contributed by atoms with E-state index in [0.717, 1.165) is 21.4 Å². The lowest BCUT2D eigenvalue weighted by Crippen LogP contribution is -2.17. The lowest BCUT2D eigenvalue weighted by atomic mass is 10.2. The first kappa shape index (κ1) is 19.8. The van der Waals surface area contributed by atoms with Gasteiger partial charge in [0.2, 0.25) is 0 Å². The van der Waals surface area contributed by atoms with Crippen LogP contribution in [0.25, 0.3) is 0 Å². The Hall–Kier alpha value is -1.93. The lowest BCUT2D eigenvalue weighted by molar-refractivity contribution is 0.0955. The van der Waals surface area contributed by atoms with Gasteiger partial charge in [0, 0.05) is 15.1 Å². The van der Waals surface area contributed by atoms with Gasteiger partial charge in [-0.25, -0.2) is 5.43 Å². The molecule has 0 atom stereocenters. The van der Waals surface area contributed by atoms with E-state index >= 15 is 0 Å². The molecule has 3 rings (SSSR count). The molecule has 0 bridgehead atoms. The highest BCUT2D eigenvalue weighted by molar-refractivity contribution is 9.10. The van der Waals surface area contributed by atoms with E-state index in [-0.39, 0.29) is 15.9 Å². The van der Waals surface area contributed by atoms with E-state index in [4.69, 9.17) is 23.2 Å². The molecule has 3 aromatic rings. The second-order valence-corrected chi connectivity index (χ2v) is 8.14. The largest absolute Gasteiger partial charge is 0.309 e. The maximum absolute atomic E-state index is 12.2. The fourth-order valence-corrected chi connectivity index (χ4v) is 3.70. The van der Waals surface area contributed by atoms with Gasteiger partial charge in [0.25, 0.3) is 5.91 Å². The van der Waals surface area contributed by atoms with Crippen LogP contribution in [-0.4, -0.2) is 16.7 Å². The van der Waals surface area contributed by atoms with Crippen molar-refractivity contribution in [2.24, 2.45) is 5.10 Å². The van der Waals surface area contributed by atoms with Gasteiger partial charge in [0.05, 0.1) is 17.6 Å². The SMILES string of the molecule is O=C(N/N=C\c1sc(=O)n(Cc2ccc(Br)cc2)c1Cl)c1ccc(Cl)cc1. The van der Waals surface area contributed by atoms with Crippen molar-refractivity contribution in [3.05, 3.63) is 88.9 Å². The molecule has 0 saturated heterocycles. The molecule has 138 valence electrons. The summed E-state index contributed by atoms with van der Waals surface area (Å²) in [6.07, 6.45) is 1.36. The summed E-state index contributed by atoms with van der Waals surface area (Å²) >= 11 is 16.4. The maximum Gasteiger partial charge on any atom is 0.309 e. The van der Waals surface area contributed by atoms with Crippen LogP contribution >= 0.6 is 50.5 Å². The zero-order valence-electron chi connectivity index (χ0n) is 13.7. The fourth-order valence-electron chi connectivity index (χ4n) is 2.21. The van der Waals surface area contributed by atoms with Gasteiger partial charge in [0.1, 0.15) is 5.15 Å². The van der Waals surface area contributed by atoms with Gasteiger partial charge < -0.3 is 0 Å².